The summed E-state index contributed by atoms with van der Waals surface area (Å²) in [7, 11) is 1.93. The molecule has 1 unspecified atom stereocenters. The van der Waals surface area contributed by atoms with Crippen LogP contribution in [0, 0.1) is 0 Å². The van der Waals surface area contributed by atoms with Crippen molar-refractivity contribution in [2.24, 2.45) is 0 Å². The van der Waals surface area contributed by atoms with Crippen molar-refractivity contribution in [1.82, 2.24) is 10.2 Å². The molecule has 3 nitrogen and oxygen atoms in total. The van der Waals surface area contributed by atoms with Crippen LogP contribution >= 0.6 is 0 Å². The minimum atomic E-state index is -0.0881. The summed E-state index contributed by atoms with van der Waals surface area (Å²) in [6.45, 7) is 7.08. The summed E-state index contributed by atoms with van der Waals surface area (Å²) in [5, 5.41) is 12.5. The number of aliphatic hydroxyl groups is 1. The number of nitrogens with zero attached hydrogens (tertiary/aromatic N) is 1. The van der Waals surface area contributed by atoms with Crippen molar-refractivity contribution in [3.05, 3.63) is 0 Å². The molecule has 1 fully saturated rings. The van der Waals surface area contributed by atoms with E-state index in [1.165, 1.54) is 45.2 Å². The van der Waals surface area contributed by atoms with E-state index in [0.717, 1.165) is 12.5 Å². The molecule has 1 aliphatic carbocycles. The molecule has 1 aliphatic rings. The van der Waals surface area contributed by atoms with Crippen LogP contribution in [-0.2, 0) is 0 Å². The second kappa shape index (κ2) is 7.34. The standard InChI is InChI=1S/C14H30N2O/c1-4-10-16(13-7-8-13)11-6-5-9-14(2,12-17)15-3/h13,15,17H,4-12H2,1-3H3. The lowest BCUT2D eigenvalue weighted by molar-refractivity contribution is 0.168. The fourth-order valence-electron chi connectivity index (χ4n) is 2.32. The Balaban J connectivity index is 2.13. The van der Waals surface area contributed by atoms with Crippen molar-refractivity contribution >= 4 is 0 Å². The highest BCUT2D eigenvalue weighted by molar-refractivity contribution is 4.85. The number of likely N-dealkylation sites (N-methyl/N-ethyl adjacent to an activating group) is 1. The number of rotatable bonds is 10. The smallest absolute Gasteiger partial charge is 0.0610 e. The van der Waals surface area contributed by atoms with Crippen molar-refractivity contribution in [2.45, 2.75) is 64.0 Å². The minimum absolute atomic E-state index is 0.0881. The quantitative estimate of drug-likeness (QED) is 0.575. The van der Waals surface area contributed by atoms with Gasteiger partial charge in [-0.3, -0.25) is 0 Å². The molecule has 102 valence electrons. The summed E-state index contributed by atoms with van der Waals surface area (Å²) in [4.78, 5) is 2.65. The van der Waals surface area contributed by atoms with Gasteiger partial charge in [0.2, 0.25) is 0 Å². The van der Waals surface area contributed by atoms with E-state index in [1.807, 2.05) is 7.05 Å². The number of nitrogens with one attached hydrogen (secondary N) is 1. The van der Waals surface area contributed by atoms with Crippen molar-refractivity contribution in [2.75, 3.05) is 26.7 Å². The van der Waals surface area contributed by atoms with Crippen molar-refractivity contribution in [3.63, 3.8) is 0 Å². The Morgan fingerprint density at radius 1 is 1.29 bits per heavy atom. The Morgan fingerprint density at radius 3 is 2.47 bits per heavy atom. The fourth-order valence-corrected chi connectivity index (χ4v) is 2.32. The zero-order valence-electron chi connectivity index (χ0n) is 11.8. The van der Waals surface area contributed by atoms with Gasteiger partial charge in [-0.05, 0) is 59.2 Å². The van der Waals surface area contributed by atoms with Gasteiger partial charge in [0.05, 0.1) is 6.61 Å². The number of unbranched alkanes of at least 4 members (excludes halogenated alkanes) is 1. The first-order valence-electron chi connectivity index (χ1n) is 7.19. The van der Waals surface area contributed by atoms with Crippen LogP contribution in [0.25, 0.3) is 0 Å². The summed E-state index contributed by atoms with van der Waals surface area (Å²) in [5.74, 6) is 0. The average Bonchev–Trinajstić information content (AvgIpc) is 3.17. The van der Waals surface area contributed by atoms with E-state index >= 15 is 0 Å². The Hall–Kier alpha value is -0.120. The first kappa shape index (κ1) is 14.9. The molecule has 17 heavy (non-hydrogen) atoms. The number of aliphatic hydroxyl groups excluding tert-OH is 1. The topological polar surface area (TPSA) is 35.5 Å². The fraction of sp³-hybridized carbons (Fsp3) is 1.00. The lowest BCUT2D eigenvalue weighted by Crippen LogP contribution is -2.43. The van der Waals surface area contributed by atoms with Gasteiger partial charge in [0.1, 0.15) is 0 Å². The van der Waals surface area contributed by atoms with Crippen molar-refractivity contribution in [3.8, 4) is 0 Å². The van der Waals surface area contributed by atoms with Gasteiger partial charge in [0, 0.05) is 11.6 Å². The second-order valence-corrected chi connectivity index (χ2v) is 5.69. The molecule has 0 bridgehead atoms. The van der Waals surface area contributed by atoms with Gasteiger partial charge in [-0.25, -0.2) is 0 Å². The van der Waals surface area contributed by atoms with Crippen LogP contribution in [0.5, 0.6) is 0 Å². The summed E-state index contributed by atoms with van der Waals surface area (Å²) in [6.07, 6.45) is 7.60. The van der Waals surface area contributed by atoms with E-state index in [0.29, 0.717) is 0 Å². The molecule has 0 radical (unpaired) electrons. The van der Waals surface area contributed by atoms with E-state index in [9.17, 15) is 5.11 Å². The number of hydrogen-bond donors (Lipinski definition) is 2. The maximum Gasteiger partial charge on any atom is 0.0610 e. The van der Waals surface area contributed by atoms with E-state index in [-0.39, 0.29) is 12.1 Å². The van der Waals surface area contributed by atoms with Gasteiger partial charge in [-0.1, -0.05) is 13.3 Å². The zero-order chi connectivity index (χ0) is 12.7. The van der Waals surface area contributed by atoms with E-state index in [2.05, 4.69) is 24.1 Å². The maximum absolute atomic E-state index is 9.30. The molecule has 0 amide bonds. The molecule has 0 aliphatic heterocycles. The van der Waals surface area contributed by atoms with Gasteiger partial charge in [-0.2, -0.15) is 0 Å². The Labute approximate surface area is 107 Å². The van der Waals surface area contributed by atoms with Gasteiger partial charge >= 0.3 is 0 Å². The Kier molecular flexibility index (Phi) is 6.45. The SMILES string of the molecule is CCCN(CCCCC(C)(CO)NC)C1CC1. The molecule has 0 spiro atoms. The molecule has 3 heteroatoms. The van der Waals surface area contributed by atoms with Gasteiger partial charge in [0.15, 0.2) is 0 Å². The molecule has 2 N–H and O–H groups in total. The maximum atomic E-state index is 9.30. The summed E-state index contributed by atoms with van der Waals surface area (Å²) in [5.41, 5.74) is -0.0881. The summed E-state index contributed by atoms with van der Waals surface area (Å²) >= 11 is 0. The molecule has 1 rings (SSSR count). The minimum Gasteiger partial charge on any atom is -0.394 e. The highest BCUT2D eigenvalue weighted by Crippen LogP contribution is 2.27. The van der Waals surface area contributed by atoms with Gasteiger partial charge < -0.3 is 15.3 Å². The molecule has 0 aromatic heterocycles. The van der Waals surface area contributed by atoms with Crippen LogP contribution in [0.2, 0.25) is 0 Å². The van der Waals surface area contributed by atoms with Crippen LogP contribution in [0.4, 0.5) is 0 Å². The summed E-state index contributed by atoms with van der Waals surface area (Å²) < 4.78 is 0. The van der Waals surface area contributed by atoms with E-state index in [1.54, 1.807) is 0 Å². The third kappa shape index (κ3) is 5.36. The highest BCUT2D eigenvalue weighted by atomic mass is 16.3. The van der Waals surface area contributed by atoms with Crippen LogP contribution in [-0.4, -0.2) is 48.3 Å². The lowest BCUT2D eigenvalue weighted by Gasteiger charge is -2.27. The van der Waals surface area contributed by atoms with Gasteiger partial charge in [-0.15, -0.1) is 0 Å². The summed E-state index contributed by atoms with van der Waals surface area (Å²) in [6, 6.07) is 0.892. The first-order valence-corrected chi connectivity index (χ1v) is 7.19. The largest absolute Gasteiger partial charge is 0.394 e. The molecule has 0 saturated heterocycles. The predicted molar refractivity (Wildman–Crippen MR) is 73.3 cm³/mol. The van der Waals surface area contributed by atoms with Crippen LogP contribution in [0.15, 0.2) is 0 Å². The van der Waals surface area contributed by atoms with Crippen LogP contribution in [0.1, 0.15) is 52.4 Å². The van der Waals surface area contributed by atoms with E-state index < -0.39 is 0 Å². The van der Waals surface area contributed by atoms with Crippen LogP contribution in [0.3, 0.4) is 0 Å². The molecular weight excluding hydrogens is 212 g/mol. The molecule has 0 aromatic rings. The third-order valence-electron chi connectivity index (χ3n) is 3.95. The molecular formula is C14H30N2O. The normalized spacial score (nSPS) is 19.6. The second-order valence-electron chi connectivity index (χ2n) is 5.69. The lowest BCUT2D eigenvalue weighted by atomic mass is 9.96. The monoisotopic (exact) mass is 242 g/mol. The number of hydrogen-bond acceptors (Lipinski definition) is 3. The molecule has 0 heterocycles. The zero-order valence-corrected chi connectivity index (χ0v) is 11.8. The molecule has 1 atom stereocenters. The predicted octanol–water partition coefficient (Wildman–Crippen LogP) is 2.00. The first-order chi connectivity index (χ1) is 8.15. The van der Waals surface area contributed by atoms with Crippen LogP contribution < -0.4 is 5.32 Å². The van der Waals surface area contributed by atoms with Crippen molar-refractivity contribution < 1.29 is 5.11 Å². The average molecular weight is 242 g/mol. The Bertz CT molecular complexity index is 200. The Morgan fingerprint density at radius 2 is 2.00 bits per heavy atom. The van der Waals surface area contributed by atoms with E-state index in [4.69, 9.17) is 0 Å². The van der Waals surface area contributed by atoms with Crippen molar-refractivity contribution in [1.29, 1.82) is 0 Å². The third-order valence-corrected chi connectivity index (χ3v) is 3.95. The van der Waals surface area contributed by atoms with Gasteiger partial charge in [0.25, 0.3) is 0 Å². The highest BCUT2D eigenvalue weighted by Gasteiger charge is 2.28. The molecule has 1 saturated carbocycles. The molecule has 0 aromatic carbocycles.